The summed E-state index contributed by atoms with van der Waals surface area (Å²) >= 11 is 0. The van der Waals surface area contributed by atoms with Crippen LogP contribution in [0.25, 0.3) is 0 Å². The maximum Gasteiger partial charge on any atom is 0.119 e. The van der Waals surface area contributed by atoms with Crippen LogP contribution in [0.2, 0.25) is 0 Å². The van der Waals surface area contributed by atoms with Crippen LogP contribution in [-0.4, -0.2) is 18.5 Å². The number of ether oxygens (including phenoxy) is 1. The van der Waals surface area contributed by atoms with E-state index in [1.54, 1.807) is 0 Å². The minimum atomic E-state index is 0.236. The van der Waals surface area contributed by atoms with Gasteiger partial charge in [-0.15, -0.1) is 0 Å². The quantitative estimate of drug-likeness (QED) is 0.318. The molecule has 0 aromatic rings. The van der Waals surface area contributed by atoms with Crippen LogP contribution in [0.5, 0.6) is 0 Å². The van der Waals surface area contributed by atoms with Gasteiger partial charge in [-0.2, -0.15) is 5.48 Å². The van der Waals surface area contributed by atoms with E-state index in [9.17, 15) is 0 Å². The molecule has 8 heavy (non-hydrogen) atoms. The molecule has 0 aliphatic carbocycles. The second-order valence-corrected chi connectivity index (χ2v) is 1.56. The smallest absolute Gasteiger partial charge is 0.119 e. The van der Waals surface area contributed by atoms with Gasteiger partial charge in [-0.05, 0) is 6.42 Å². The van der Waals surface area contributed by atoms with Gasteiger partial charge in [0.25, 0.3) is 0 Å². The van der Waals surface area contributed by atoms with Gasteiger partial charge < -0.3 is 9.94 Å². The van der Waals surface area contributed by atoms with E-state index < -0.39 is 0 Å². The maximum atomic E-state index is 7.99. The van der Waals surface area contributed by atoms with Gasteiger partial charge in [0.05, 0.1) is 0 Å². The Bertz CT molecular complexity index is 35.4. The molecule has 0 rings (SSSR count). The summed E-state index contributed by atoms with van der Waals surface area (Å²) in [6.07, 6.45) is 2.19. The molecule has 0 heterocycles. The molecule has 0 aliphatic rings. The molecular formula is C5H13NO2. The Balaban J connectivity index is 2.53. The van der Waals surface area contributed by atoms with Crippen molar-refractivity contribution in [1.29, 1.82) is 0 Å². The van der Waals surface area contributed by atoms with Crippen molar-refractivity contribution in [1.82, 2.24) is 5.48 Å². The van der Waals surface area contributed by atoms with Crippen molar-refractivity contribution in [2.75, 3.05) is 13.3 Å². The van der Waals surface area contributed by atoms with Crippen LogP contribution in [0.15, 0.2) is 0 Å². The molecule has 0 amide bonds. The molecule has 0 radical (unpaired) electrons. The van der Waals surface area contributed by atoms with E-state index in [-0.39, 0.29) is 6.73 Å². The number of hydrogen-bond acceptors (Lipinski definition) is 3. The predicted octanol–water partition coefficient (Wildman–Crippen LogP) is 0.739. The third kappa shape index (κ3) is 5.88. The first-order valence-corrected chi connectivity index (χ1v) is 2.86. The zero-order valence-electron chi connectivity index (χ0n) is 5.18. The molecule has 3 heteroatoms. The summed E-state index contributed by atoms with van der Waals surface area (Å²) in [5, 5.41) is 7.99. The normalized spacial score (nSPS) is 9.75. The summed E-state index contributed by atoms with van der Waals surface area (Å²) in [7, 11) is 0. The van der Waals surface area contributed by atoms with Crippen molar-refractivity contribution in [2.24, 2.45) is 0 Å². The standard InChI is InChI=1S/C5H13NO2/c1-2-3-4-8-5-6-7/h6-7H,2-5H2,1H3. The highest BCUT2D eigenvalue weighted by molar-refractivity contribution is 4.28. The van der Waals surface area contributed by atoms with Crippen LogP contribution in [0.1, 0.15) is 19.8 Å². The van der Waals surface area contributed by atoms with Crippen LogP contribution in [-0.2, 0) is 4.74 Å². The van der Waals surface area contributed by atoms with Gasteiger partial charge in [-0.25, -0.2) is 0 Å². The Morgan fingerprint density at radius 1 is 1.62 bits per heavy atom. The molecule has 0 saturated heterocycles. The summed E-state index contributed by atoms with van der Waals surface area (Å²) in [5.74, 6) is 0. The lowest BCUT2D eigenvalue weighted by Gasteiger charge is -1.98. The van der Waals surface area contributed by atoms with Gasteiger partial charge in [0.15, 0.2) is 0 Å². The summed E-state index contributed by atoms with van der Waals surface area (Å²) < 4.78 is 4.86. The number of rotatable bonds is 5. The first-order chi connectivity index (χ1) is 3.91. The van der Waals surface area contributed by atoms with Gasteiger partial charge in [-0.1, -0.05) is 13.3 Å². The van der Waals surface area contributed by atoms with E-state index >= 15 is 0 Å². The van der Waals surface area contributed by atoms with Gasteiger partial charge in [0.2, 0.25) is 0 Å². The van der Waals surface area contributed by atoms with E-state index in [0.29, 0.717) is 0 Å². The highest BCUT2D eigenvalue weighted by Crippen LogP contribution is 1.84. The van der Waals surface area contributed by atoms with E-state index in [0.717, 1.165) is 19.4 Å². The highest BCUT2D eigenvalue weighted by Gasteiger charge is 1.81. The fourth-order valence-electron chi connectivity index (χ4n) is 0.364. The Morgan fingerprint density at radius 3 is 2.88 bits per heavy atom. The van der Waals surface area contributed by atoms with Crippen molar-refractivity contribution < 1.29 is 9.94 Å². The molecule has 3 nitrogen and oxygen atoms in total. The van der Waals surface area contributed by atoms with Gasteiger partial charge in [0, 0.05) is 6.61 Å². The van der Waals surface area contributed by atoms with E-state index in [2.05, 4.69) is 6.92 Å². The molecule has 0 unspecified atom stereocenters. The molecule has 0 fully saturated rings. The number of hydroxylamine groups is 1. The topological polar surface area (TPSA) is 41.5 Å². The van der Waals surface area contributed by atoms with Crippen molar-refractivity contribution in [3.8, 4) is 0 Å². The van der Waals surface area contributed by atoms with Crippen LogP contribution in [0, 0.1) is 0 Å². The van der Waals surface area contributed by atoms with E-state index in [1.165, 1.54) is 0 Å². The molecule has 0 bridgehead atoms. The monoisotopic (exact) mass is 119 g/mol. The molecule has 0 saturated carbocycles. The Kier molecular flexibility index (Phi) is 6.78. The van der Waals surface area contributed by atoms with Crippen LogP contribution >= 0.6 is 0 Å². The summed E-state index contributed by atoms with van der Waals surface area (Å²) in [4.78, 5) is 0. The third-order valence-corrected chi connectivity index (χ3v) is 0.809. The fourth-order valence-corrected chi connectivity index (χ4v) is 0.364. The molecule has 0 spiro atoms. The minimum absolute atomic E-state index is 0.236. The SMILES string of the molecule is CCCCOCNO. The molecule has 0 aromatic carbocycles. The van der Waals surface area contributed by atoms with Crippen molar-refractivity contribution >= 4 is 0 Å². The number of nitrogens with one attached hydrogen (secondary N) is 1. The minimum Gasteiger partial charge on any atom is -0.364 e. The maximum absolute atomic E-state index is 7.99. The van der Waals surface area contributed by atoms with Crippen molar-refractivity contribution in [3.63, 3.8) is 0 Å². The summed E-state index contributed by atoms with van der Waals surface area (Å²) in [6, 6.07) is 0. The summed E-state index contributed by atoms with van der Waals surface area (Å²) in [6.45, 7) is 3.06. The second kappa shape index (κ2) is 6.88. The Hall–Kier alpha value is -0.120. The van der Waals surface area contributed by atoms with Gasteiger partial charge >= 0.3 is 0 Å². The lowest BCUT2D eigenvalue weighted by molar-refractivity contribution is 0.0223. The lowest BCUT2D eigenvalue weighted by atomic mass is 10.4. The average Bonchev–Trinajstić information content (AvgIpc) is 1.81. The molecule has 0 aromatic heterocycles. The van der Waals surface area contributed by atoms with E-state index in [4.69, 9.17) is 9.94 Å². The van der Waals surface area contributed by atoms with Crippen molar-refractivity contribution in [2.45, 2.75) is 19.8 Å². The average molecular weight is 119 g/mol. The molecule has 0 aliphatic heterocycles. The van der Waals surface area contributed by atoms with Crippen LogP contribution in [0.3, 0.4) is 0 Å². The number of hydrogen-bond donors (Lipinski definition) is 2. The first-order valence-electron chi connectivity index (χ1n) is 2.86. The largest absolute Gasteiger partial charge is 0.364 e. The fraction of sp³-hybridized carbons (Fsp3) is 1.00. The van der Waals surface area contributed by atoms with Gasteiger partial charge in [0.1, 0.15) is 6.73 Å². The molecular weight excluding hydrogens is 106 g/mol. The first kappa shape index (κ1) is 7.88. The molecule has 50 valence electrons. The van der Waals surface area contributed by atoms with Crippen LogP contribution in [0.4, 0.5) is 0 Å². The van der Waals surface area contributed by atoms with Crippen LogP contribution < -0.4 is 5.48 Å². The molecule has 2 N–H and O–H groups in total. The third-order valence-electron chi connectivity index (χ3n) is 0.809. The lowest BCUT2D eigenvalue weighted by Crippen LogP contribution is -2.12. The predicted molar refractivity (Wildman–Crippen MR) is 30.6 cm³/mol. The van der Waals surface area contributed by atoms with Crippen molar-refractivity contribution in [3.05, 3.63) is 0 Å². The summed E-state index contributed by atoms with van der Waals surface area (Å²) in [5.41, 5.74) is 1.90. The zero-order chi connectivity index (χ0) is 6.24. The van der Waals surface area contributed by atoms with Gasteiger partial charge in [-0.3, -0.25) is 0 Å². The number of unbranched alkanes of at least 4 members (excludes halogenated alkanes) is 1. The Labute approximate surface area is 49.6 Å². The van der Waals surface area contributed by atoms with E-state index in [1.807, 2.05) is 5.48 Å². The highest BCUT2D eigenvalue weighted by atomic mass is 16.6. The molecule has 0 atom stereocenters. The Morgan fingerprint density at radius 2 is 2.38 bits per heavy atom. The second-order valence-electron chi connectivity index (χ2n) is 1.56. The zero-order valence-corrected chi connectivity index (χ0v) is 5.18.